The zero-order chi connectivity index (χ0) is 17.3. The van der Waals surface area contributed by atoms with Crippen LogP contribution in [0.2, 0.25) is 0 Å². The molecule has 0 saturated heterocycles. The molecule has 24 heavy (non-hydrogen) atoms. The molecule has 2 aromatic rings. The van der Waals surface area contributed by atoms with E-state index >= 15 is 0 Å². The lowest BCUT2D eigenvalue weighted by Crippen LogP contribution is -2.40. The molecule has 128 valence electrons. The second kappa shape index (κ2) is 6.46. The predicted octanol–water partition coefficient (Wildman–Crippen LogP) is 1.11. The van der Waals surface area contributed by atoms with Crippen molar-refractivity contribution >= 4 is 11.8 Å². The predicted molar refractivity (Wildman–Crippen MR) is 84.9 cm³/mol. The van der Waals surface area contributed by atoms with Crippen molar-refractivity contribution in [2.45, 2.75) is 40.4 Å². The molecule has 1 aliphatic rings. The highest BCUT2D eigenvalue weighted by Gasteiger charge is 2.24. The highest BCUT2D eigenvalue weighted by molar-refractivity contribution is 5.92. The molecule has 0 spiro atoms. The Balaban J connectivity index is 1.61. The molecule has 8 nitrogen and oxygen atoms in total. The first-order chi connectivity index (χ1) is 11.4. The Labute approximate surface area is 139 Å². The van der Waals surface area contributed by atoms with Gasteiger partial charge < -0.3 is 14.7 Å². The van der Waals surface area contributed by atoms with Crippen LogP contribution in [0.25, 0.3) is 0 Å². The van der Waals surface area contributed by atoms with Gasteiger partial charge in [0.25, 0.3) is 5.91 Å². The minimum Gasteiger partial charge on any atom is -0.361 e. The highest BCUT2D eigenvalue weighted by Crippen LogP contribution is 2.16. The summed E-state index contributed by atoms with van der Waals surface area (Å²) in [6.07, 6.45) is 0. The Hall–Kier alpha value is -2.64. The molecule has 0 atom stereocenters. The average Bonchev–Trinajstić information content (AvgIpc) is 3.16. The van der Waals surface area contributed by atoms with Crippen LogP contribution in [0.4, 0.5) is 0 Å². The number of aromatic nitrogens is 3. The standard InChI is InChI=1S/C16H21N5O3/c1-10(2)16(23)20-4-5-21-13(9-20)7-12(18-21)8-17-15(22)14-6-11(3)24-19-14/h6-7,10H,4-5,8-9H2,1-3H3,(H,17,22). The summed E-state index contributed by atoms with van der Waals surface area (Å²) in [4.78, 5) is 25.9. The van der Waals surface area contributed by atoms with Crippen LogP contribution in [0.5, 0.6) is 0 Å². The van der Waals surface area contributed by atoms with Crippen molar-refractivity contribution in [3.8, 4) is 0 Å². The fourth-order valence-electron chi connectivity index (χ4n) is 2.70. The van der Waals surface area contributed by atoms with Crippen LogP contribution in [0.1, 0.15) is 41.5 Å². The zero-order valence-corrected chi connectivity index (χ0v) is 14.1. The van der Waals surface area contributed by atoms with Crippen molar-refractivity contribution in [3.63, 3.8) is 0 Å². The Bertz CT molecular complexity index is 762. The zero-order valence-electron chi connectivity index (χ0n) is 14.1. The number of hydrogen-bond acceptors (Lipinski definition) is 5. The van der Waals surface area contributed by atoms with Gasteiger partial charge in [-0.05, 0) is 13.0 Å². The number of hydrogen-bond donors (Lipinski definition) is 1. The van der Waals surface area contributed by atoms with Crippen molar-refractivity contribution in [1.29, 1.82) is 0 Å². The lowest BCUT2D eigenvalue weighted by molar-refractivity contribution is -0.136. The largest absolute Gasteiger partial charge is 0.361 e. The lowest BCUT2D eigenvalue weighted by Gasteiger charge is -2.29. The van der Waals surface area contributed by atoms with Gasteiger partial charge in [0.05, 0.1) is 31.0 Å². The second-order valence-corrected chi connectivity index (χ2v) is 6.27. The minimum atomic E-state index is -0.297. The molecule has 0 fully saturated rings. The lowest BCUT2D eigenvalue weighted by atomic mass is 10.1. The van der Waals surface area contributed by atoms with Crippen molar-refractivity contribution in [3.05, 3.63) is 35.0 Å². The monoisotopic (exact) mass is 331 g/mol. The van der Waals surface area contributed by atoms with E-state index in [9.17, 15) is 9.59 Å². The molecule has 1 aliphatic heterocycles. The van der Waals surface area contributed by atoms with Gasteiger partial charge in [0, 0.05) is 18.5 Å². The number of fused-ring (bicyclic) bond motifs is 1. The van der Waals surface area contributed by atoms with E-state index in [1.54, 1.807) is 13.0 Å². The molecule has 0 radical (unpaired) electrons. The second-order valence-electron chi connectivity index (χ2n) is 6.27. The van der Waals surface area contributed by atoms with Crippen LogP contribution in [-0.2, 0) is 24.4 Å². The van der Waals surface area contributed by atoms with Crippen LogP contribution in [0, 0.1) is 12.8 Å². The van der Waals surface area contributed by atoms with Crippen LogP contribution >= 0.6 is 0 Å². The first-order valence-electron chi connectivity index (χ1n) is 8.00. The van der Waals surface area contributed by atoms with E-state index in [0.29, 0.717) is 31.9 Å². The third-order valence-corrected chi connectivity index (χ3v) is 3.94. The topological polar surface area (TPSA) is 93.3 Å². The fraction of sp³-hybridized carbons (Fsp3) is 0.500. The number of rotatable bonds is 4. The Kier molecular flexibility index (Phi) is 4.37. The minimum absolute atomic E-state index is 0.0100. The summed E-state index contributed by atoms with van der Waals surface area (Å²) < 4.78 is 6.78. The first-order valence-corrected chi connectivity index (χ1v) is 8.00. The molecule has 1 N–H and O–H groups in total. The van der Waals surface area contributed by atoms with Crippen molar-refractivity contribution in [2.24, 2.45) is 5.92 Å². The van der Waals surface area contributed by atoms with Gasteiger partial charge in [0.15, 0.2) is 5.69 Å². The molecule has 2 aromatic heterocycles. The Morgan fingerprint density at radius 3 is 2.79 bits per heavy atom. The maximum absolute atomic E-state index is 12.1. The molecule has 0 saturated carbocycles. The van der Waals surface area contributed by atoms with Gasteiger partial charge in [-0.15, -0.1) is 0 Å². The summed E-state index contributed by atoms with van der Waals surface area (Å²) in [5.41, 5.74) is 2.00. The van der Waals surface area contributed by atoms with Gasteiger partial charge in [-0.2, -0.15) is 5.10 Å². The SMILES string of the molecule is Cc1cc(C(=O)NCc2cc3n(n2)CCN(C(=O)C(C)C)C3)no1. The Morgan fingerprint density at radius 1 is 1.33 bits per heavy atom. The number of carbonyl (C=O) groups is 2. The number of aryl methyl sites for hydroxylation is 1. The number of amides is 2. The quantitative estimate of drug-likeness (QED) is 0.906. The molecule has 0 aromatic carbocycles. The summed E-state index contributed by atoms with van der Waals surface area (Å²) in [6, 6.07) is 3.51. The van der Waals surface area contributed by atoms with E-state index in [-0.39, 0.29) is 23.4 Å². The van der Waals surface area contributed by atoms with Gasteiger partial charge in [0.2, 0.25) is 5.91 Å². The summed E-state index contributed by atoms with van der Waals surface area (Å²) >= 11 is 0. The molecule has 8 heteroatoms. The van der Waals surface area contributed by atoms with Crippen molar-refractivity contribution in [1.82, 2.24) is 25.2 Å². The molecule has 0 unspecified atom stereocenters. The third-order valence-electron chi connectivity index (χ3n) is 3.94. The normalized spacial score (nSPS) is 13.9. The Morgan fingerprint density at radius 2 is 2.12 bits per heavy atom. The third kappa shape index (κ3) is 3.32. The molecular weight excluding hydrogens is 310 g/mol. The van der Waals surface area contributed by atoms with E-state index in [4.69, 9.17) is 4.52 Å². The van der Waals surface area contributed by atoms with E-state index in [1.807, 2.05) is 29.5 Å². The van der Waals surface area contributed by atoms with E-state index < -0.39 is 0 Å². The summed E-state index contributed by atoms with van der Waals surface area (Å²) in [5.74, 6) is 0.435. The van der Waals surface area contributed by atoms with Crippen LogP contribution in [0.15, 0.2) is 16.7 Å². The van der Waals surface area contributed by atoms with E-state index in [2.05, 4.69) is 15.6 Å². The van der Waals surface area contributed by atoms with Gasteiger partial charge in [-0.25, -0.2) is 0 Å². The van der Waals surface area contributed by atoms with Crippen LogP contribution in [0.3, 0.4) is 0 Å². The molecule has 3 heterocycles. The van der Waals surface area contributed by atoms with Gasteiger partial charge >= 0.3 is 0 Å². The van der Waals surface area contributed by atoms with Crippen molar-refractivity contribution in [2.75, 3.05) is 6.54 Å². The number of carbonyl (C=O) groups excluding carboxylic acids is 2. The molecule has 0 aliphatic carbocycles. The first kappa shape index (κ1) is 16.2. The number of nitrogens with one attached hydrogen (secondary N) is 1. The van der Waals surface area contributed by atoms with E-state index in [1.165, 1.54) is 0 Å². The fourth-order valence-corrected chi connectivity index (χ4v) is 2.70. The smallest absolute Gasteiger partial charge is 0.273 e. The van der Waals surface area contributed by atoms with Crippen LogP contribution in [-0.4, -0.2) is 38.2 Å². The van der Waals surface area contributed by atoms with Crippen molar-refractivity contribution < 1.29 is 14.1 Å². The number of nitrogens with zero attached hydrogens (tertiary/aromatic N) is 4. The average molecular weight is 331 g/mol. The molecule has 2 amide bonds. The maximum atomic E-state index is 12.1. The summed E-state index contributed by atoms with van der Waals surface area (Å²) in [6.45, 7) is 7.74. The maximum Gasteiger partial charge on any atom is 0.273 e. The van der Waals surface area contributed by atoms with Gasteiger partial charge in [-0.1, -0.05) is 19.0 Å². The molecule has 3 rings (SSSR count). The van der Waals surface area contributed by atoms with Gasteiger partial charge in [0.1, 0.15) is 5.76 Å². The van der Waals surface area contributed by atoms with Crippen LogP contribution < -0.4 is 5.32 Å². The van der Waals surface area contributed by atoms with E-state index in [0.717, 1.165) is 11.4 Å². The molecule has 0 bridgehead atoms. The highest BCUT2D eigenvalue weighted by atomic mass is 16.5. The van der Waals surface area contributed by atoms with Gasteiger partial charge in [-0.3, -0.25) is 14.3 Å². The molecular formula is C16H21N5O3. The summed E-state index contributed by atoms with van der Waals surface area (Å²) in [5, 5.41) is 10.9. The summed E-state index contributed by atoms with van der Waals surface area (Å²) in [7, 11) is 0.